The Morgan fingerprint density at radius 2 is 1.67 bits per heavy atom. The lowest BCUT2D eigenvalue weighted by Crippen LogP contribution is -2.50. The highest BCUT2D eigenvalue weighted by atomic mass is 35.5. The molecule has 0 radical (unpaired) electrons. The number of sulfonamides is 1. The first-order chi connectivity index (χ1) is 17.4. The minimum absolute atomic E-state index is 0.132. The van der Waals surface area contributed by atoms with Crippen LogP contribution in [0.15, 0.2) is 77.7 Å². The van der Waals surface area contributed by atoms with E-state index in [9.17, 15) is 13.2 Å². The first-order valence-corrected chi connectivity index (χ1v) is 13.8. The second-order valence-electron chi connectivity index (χ2n) is 9.04. The van der Waals surface area contributed by atoms with E-state index in [0.29, 0.717) is 23.0 Å². The number of likely N-dealkylation sites (tertiary alicyclic amines) is 1. The molecule has 1 amide bonds. The summed E-state index contributed by atoms with van der Waals surface area (Å²) in [4.78, 5) is 15.8. The van der Waals surface area contributed by atoms with Gasteiger partial charge >= 0.3 is 0 Å². The Bertz CT molecular complexity index is 1340. The van der Waals surface area contributed by atoms with Crippen LogP contribution < -0.4 is 14.4 Å². The number of hydrogen-bond acceptors (Lipinski definition) is 5. The molecule has 1 unspecified atom stereocenters. The average molecular weight is 526 g/mol. The molecule has 3 aromatic rings. The molecule has 0 saturated carbocycles. The number of rotatable bonds is 7. The molecule has 9 heteroatoms. The Morgan fingerprint density at radius 3 is 2.42 bits per heavy atom. The molecule has 0 spiro atoms. The van der Waals surface area contributed by atoms with Crippen LogP contribution in [0, 0.1) is 0 Å². The summed E-state index contributed by atoms with van der Waals surface area (Å²) in [5.41, 5.74) is 2.53. The monoisotopic (exact) mass is 525 g/mol. The highest BCUT2D eigenvalue weighted by Gasteiger charge is 2.37. The molecule has 2 aliphatic rings. The van der Waals surface area contributed by atoms with Gasteiger partial charge in [-0.3, -0.25) is 14.0 Å². The molecule has 3 aromatic carbocycles. The van der Waals surface area contributed by atoms with Gasteiger partial charge < -0.3 is 10.1 Å². The quantitative estimate of drug-likeness (QED) is 0.500. The van der Waals surface area contributed by atoms with Crippen LogP contribution >= 0.6 is 11.6 Å². The number of benzene rings is 3. The standard InChI is InChI=1S/C27H28ClN3O4S/c28-22-12-13-25-24(16-22)31(36(33,34)23-10-2-1-3-11-23)19-26(35-25)27(32)29-17-20-8-4-5-9-21(20)18-30-14-6-7-15-30/h1-5,8-13,16,26H,6-7,14-15,17-19H2,(H,29,32). The van der Waals surface area contributed by atoms with Gasteiger partial charge in [0.15, 0.2) is 6.10 Å². The van der Waals surface area contributed by atoms with Crippen molar-refractivity contribution in [1.29, 1.82) is 0 Å². The molecule has 0 aromatic heterocycles. The second kappa shape index (κ2) is 10.5. The Morgan fingerprint density at radius 1 is 0.972 bits per heavy atom. The number of nitrogens with one attached hydrogen (secondary N) is 1. The van der Waals surface area contributed by atoms with Gasteiger partial charge in [-0.2, -0.15) is 0 Å². The van der Waals surface area contributed by atoms with Gasteiger partial charge in [-0.1, -0.05) is 54.1 Å². The first-order valence-electron chi connectivity index (χ1n) is 12.0. The van der Waals surface area contributed by atoms with Crippen molar-refractivity contribution in [2.24, 2.45) is 0 Å². The molecule has 1 atom stereocenters. The number of fused-ring (bicyclic) bond motifs is 1. The predicted molar refractivity (Wildman–Crippen MR) is 140 cm³/mol. The van der Waals surface area contributed by atoms with Crippen LogP contribution in [0.2, 0.25) is 5.02 Å². The number of ether oxygens (including phenoxy) is 1. The van der Waals surface area contributed by atoms with Crippen LogP contribution in [-0.4, -0.2) is 45.0 Å². The number of nitrogens with zero attached hydrogens (tertiary/aromatic N) is 2. The van der Waals surface area contributed by atoms with Gasteiger partial charge in [-0.25, -0.2) is 8.42 Å². The summed E-state index contributed by atoms with van der Waals surface area (Å²) in [6.07, 6.45) is 1.42. The van der Waals surface area contributed by atoms with Crippen molar-refractivity contribution in [2.75, 3.05) is 23.9 Å². The molecule has 7 nitrogen and oxygen atoms in total. The third-order valence-corrected chi connectivity index (χ3v) is 8.61. The van der Waals surface area contributed by atoms with Gasteiger partial charge in [-0.15, -0.1) is 0 Å². The van der Waals surface area contributed by atoms with Crippen molar-refractivity contribution in [1.82, 2.24) is 10.2 Å². The van der Waals surface area contributed by atoms with Gasteiger partial charge in [0, 0.05) is 18.1 Å². The first kappa shape index (κ1) is 24.6. The van der Waals surface area contributed by atoms with Crippen LogP contribution in [0.1, 0.15) is 24.0 Å². The fourth-order valence-electron chi connectivity index (χ4n) is 4.67. The van der Waals surface area contributed by atoms with Gasteiger partial charge in [0.25, 0.3) is 15.9 Å². The fraction of sp³-hybridized carbons (Fsp3) is 0.296. The Labute approximate surface area is 216 Å². The van der Waals surface area contributed by atoms with Crippen LogP contribution in [0.5, 0.6) is 5.75 Å². The Balaban J connectivity index is 1.35. The molecule has 2 heterocycles. The van der Waals surface area contributed by atoms with E-state index in [-0.39, 0.29) is 17.3 Å². The molecule has 0 bridgehead atoms. The zero-order chi connectivity index (χ0) is 25.1. The summed E-state index contributed by atoms with van der Waals surface area (Å²) in [6.45, 7) is 3.20. The van der Waals surface area contributed by atoms with E-state index in [0.717, 1.165) is 25.2 Å². The highest BCUT2D eigenvalue weighted by Crippen LogP contribution is 2.38. The topological polar surface area (TPSA) is 79.0 Å². The lowest BCUT2D eigenvalue weighted by atomic mass is 10.1. The van der Waals surface area contributed by atoms with E-state index in [1.807, 2.05) is 18.2 Å². The summed E-state index contributed by atoms with van der Waals surface area (Å²) < 4.78 is 34.2. The van der Waals surface area contributed by atoms with Crippen molar-refractivity contribution in [3.8, 4) is 5.75 Å². The largest absolute Gasteiger partial charge is 0.476 e. The summed E-state index contributed by atoms with van der Waals surface area (Å²) in [6, 6.07) is 21.0. The number of hydrogen-bond donors (Lipinski definition) is 1. The van der Waals surface area contributed by atoms with Crippen molar-refractivity contribution in [3.63, 3.8) is 0 Å². The van der Waals surface area contributed by atoms with E-state index in [1.165, 1.54) is 34.8 Å². The molecule has 188 valence electrons. The van der Waals surface area contributed by atoms with Crippen LogP contribution in [0.4, 0.5) is 5.69 Å². The van der Waals surface area contributed by atoms with Gasteiger partial charge in [0.05, 0.1) is 17.1 Å². The Kier molecular flexibility index (Phi) is 7.18. The third-order valence-electron chi connectivity index (χ3n) is 6.58. The summed E-state index contributed by atoms with van der Waals surface area (Å²) in [5, 5.41) is 3.34. The number of anilines is 1. The number of halogens is 1. The molecular weight excluding hydrogens is 498 g/mol. The molecular formula is C27H28ClN3O4S. The van der Waals surface area contributed by atoms with Crippen molar-refractivity contribution < 1.29 is 17.9 Å². The van der Waals surface area contributed by atoms with Gasteiger partial charge in [-0.05, 0) is 67.4 Å². The van der Waals surface area contributed by atoms with Crippen LogP contribution in [0.3, 0.4) is 0 Å². The smallest absolute Gasteiger partial charge is 0.264 e. The zero-order valence-electron chi connectivity index (χ0n) is 19.8. The van der Waals surface area contributed by atoms with E-state index < -0.39 is 16.1 Å². The SMILES string of the molecule is O=C(NCc1ccccc1CN1CCCC1)C1CN(S(=O)(=O)c2ccccc2)c2cc(Cl)ccc2O1. The van der Waals surface area contributed by atoms with E-state index in [4.69, 9.17) is 16.3 Å². The Hall–Kier alpha value is -3.07. The van der Waals surface area contributed by atoms with Gasteiger partial charge in [0.2, 0.25) is 0 Å². The maximum Gasteiger partial charge on any atom is 0.264 e. The molecule has 1 fully saturated rings. The van der Waals surface area contributed by atoms with E-state index in [2.05, 4.69) is 16.3 Å². The van der Waals surface area contributed by atoms with E-state index in [1.54, 1.807) is 36.4 Å². The zero-order valence-corrected chi connectivity index (χ0v) is 21.3. The lowest BCUT2D eigenvalue weighted by molar-refractivity contribution is -0.127. The minimum Gasteiger partial charge on any atom is -0.476 e. The van der Waals surface area contributed by atoms with Gasteiger partial charge in [0.1, 0.15) is 5.75 Å². The number of amides is 1. The second-order valence-corrected chi connectivity index (χ2v) is 11.3. The lowest BCUT2D eigenvalue weighted by Gasteiger charge is -2.35. The molecule has 1 saturated heterocycles. The molecule has 1 N–H and O–H groups in total. The average Bonchev–Trinajstić information content (AvgIpc) is 3.41. The van der Waals surface area contributed by atoms with Crippen LogP contribution in [-0.2, 0) is 27.9 Å². The minimum atomic E-state index is -3.94. The van der Waals surface area contributed by atoms with Crippen molar-refractivity contribution >= 4 is 33.2 Å². The number of carbonyl (C=O) groups is 1. The summed E-state index contributed by atoms with van der Waals surface area (Å²) >= 11 is 6.17. The predicted octanol–water partition coefficient (Wildman–Crippen LogP) is 4.21. The number of carbonyl (C=O) groups excluding carboxylic acids is 1. The summed E-state index contributed by atoms with van der Waals surface area (Å²) in [5.74, 6) is -0.0837. The maximum absolute atomic E-state index is 13.5. The third kappa shape index (κ3) is 5.21. The van der Waals surface area contributed by atoms with E-state index >= 15 is 0 Å². The maximum atomic E-state index is 13.5. The molecule has 5 rings (SSSR count). The molecule has 0 aliphatic carbocycles. The fourth-order valence-corrected chi connectivity index (χ4v) is 6.33. The molecule has 36 heavy (non-hydrogen) atoms. The summed E-state index contributed by atoms with van der Waals surface area (Å²) in [7, 11) is -3.94. The van der Waals surface area contributed by atoms with Crippen LogP contribution in [0.25, 0.3) is 0 Å². The van der Waals surface area contributed by atoms with Crippen molar-refractivity contribution in [3.05, 3.63) is 88.9 Å². The van der Waals surface area contributed by atoms with Crippen molar-refractivity contribution in [2.45, 2.75) is 36.9 Å². The molecule has 2 aliphatic heterocycles. The highest BCUT2D eigenvalue weighted by molar-refractivity contribution is 7.92. The normalized spacial score (nSPS) is 17.9.